The van der Waals surface area contributed by atoms with Gasteiger partial charge in [-0.1, -0.05) is 32.4 Å². The number of benzene rings is 1. The van der Waals surface area contributed by atoms with Gasteiger partial charge in [0.05, 0.1) is 13.7 Å². The fourth-order valence-electron chi connectivity index (χ4n) is 2.29. The third kappa shape index (κ3) is 2.80. The molecule has 0 bridgehead atoms. The molecular formula is C16H22O4. The van der Waals surface area contributed by atoms with Crippen LogP contribution in [0.25, 0.3) is 0 Å². The average molecular weight is 278 g/mol. The topological polar surface area (TPSA) is 48.1 Å². The lowest BCUT2D eigenvalue weighted by Gasteiger charge is -2.10. The Kier molecular flexibility index (Phi) is 4.65. The molecule has 0 spiro atoms. The average Bonchev–Trinajstić information content (AvgIpc) is 3.23. The zero-order valence-corrected chi connectivity index (χ0v) is 12.3. The highest BCUT2D eigenvalue weighted by molar-refractivity contribution is 5.83. The lowest BCUT2D eigenvalue weighted by molar-refractivity contribution is -0.150. The van der Waals surface area contributed by atoms with Gasteiger partial charge in [0.25, 0.3) is 0 Å². The molecule has 2 rings (SSSR count). The molecule has 110 valence electrons. The quantitative estimate of drug-likeness (QED) is 0.436. The molecule has 2 atom stereocenters. The highest BCUT2D eigenvalue weighted by Crippen LogP contribution is 2.52. The Morgan fingerprint density at radius 1 is 1.30 bits per heavy atom. The summed E-state index contributed by atoms with van der Waals surface area (Å²) in [5.41, 5.74) is 0.197. The van der Waals surface area contributed by atoms with E-state index in [-0.39, 0.29) is 12.1 Å². The van der Waals surface area contributed by atoms with Crippen LogP contribution in [0.1, 0.15) is 44.8 Å². The van der Waals surface area contributed by atoms with Crippen LogP contribution in [0.5, 0.6) is 5.75 Å². The highest BCUT2D eigenvalue weighted by atomic mass is 16.7. The van der Waals surface area contributed by atoms with E-state index in [9.17, 15) is 4.79 Å². The number of hydrogen-bond acceptors (Lipinski definition) is 4. The van der Waals surface area contributed by atoms with Crippen molar-refractivity contribution in [1.29, 1.82) is 0 Å². The van der Waals surface area contributed by atoms with Crippen LogP contribution in [-0.2, 0) is 14.3 Å². The minimum absolute atomic E-state index is 0.201. The van der Waals surface area contributed by atoms with Crippen LogP contribution in [0.3, 0.4) is 0 Å². The van der Waals surface area contributed by atoms with Crippen LogP contribution in [0, 0.1) is 0 Å². The minimum Gasteiger partial charge on any atom is -0.497 e. The molecule has 1 saturated heterocycles. The maximum absolute atomic E-state index is 12.2. The lowest BCUT2D eigenvalue weighted by atomic mass is 9.97. The van der Waals surface area contributed by atoms with E-state index in [1.807, 2.05) is 31.2 Å². The Labute approximate surface area is 120 Å². The number of ether oxygens (including phenoxy) is 3. The fraction of sp³-hybridized carbons (Fsp3) is 0.562. The van der Waals surface area contributed by atoms with E-state index in [1.165, 1.54) is 0 Å². The number of esters is 1. The van der Waals surface area contributed by atoms with Gasteiger partial charge in [0.2, 0.25) is 0 Å². The van der Waals surface area contributed by atoms with Gasteiger partial charge >= 0.3 is 5.97 Å². The summed E-state index contributed by atoms with van der Waals surface area (Å²) in [5.74, 6) is 0.552. The number of methoxy groups -OCH3 is 1. The molecule has 1 aliphatic rings. The van der Waals surface area contributed by atoms with E-state index < -0.39 is 5.60 Å². The molecule has 0 radical (unpaired) electrons. The van der Waals surface area contributed by atoms with Gasteiger partial charge in [-0.2, -0.15) is 0 Å². The van der Waals surface area contributed by atoms with Crippen LogP contribution < -0.4 is 4.74 Å². The van der Waals surface area contributed by atoms with Crippen molar-refractivity contribution in [3.8, 4) is 5.75 Å². The Bertz CT molecular complexity index is 454. The number of unbranched alkanes of at least 4 members (excludes halogenated alkanes) is 1. The molecule has 1 heterocycles. The van der Waals surface area contributed by atoms with Gasteiger partial charge in [-0.05, 0) is 30.5 Å². The van der Waals surface area contributed by atoms with Crippen LogP contribution in [-0.4, -0.2) is 25.3 Å². The third-order valence-corrected chi connectivity index (χ3v) is 3.71. The van der Waals surface area contributed by atoms with Gasteiger partial charge < -0.3 is 14.2 Å². The van der Waals surface area contributed by atoms with Gasteiger partial charge in [-0.15, -0.1) is 0 Å². The monoisotopic (exact) mass is 278 g/mol. The van der Waals surface area contributed by atoms with E-state index in [0.717, 1.165) is 24.2 Å². The number of epoxide rings is 1. The summed E-state index contributed by atoms with van der Waals surface area (Å²) >= 11 is 0. The highest BCUT2D eigenvalue weighted by Gasteiger charge is 2.63. The van der Waals surface area contributed by atoms with Crippen molar-refractivity contribution in [2.45, 2.75) is 44.8 Å². The smallest absolute Gasteiger partial charge is 0.341 e. The van der Waals surface area contributed by atoms with Crippen LogP contribution in [0.15, 0.2) is 24.3 Å². The largest absolute Gasteiger partial charge is 0.497 e. The van der Waals surface area contributed by atoms with Gasteiger partial charge in [-0.3, -0.25) is 0 Å². The van der Waals surface area contributed by atoms with Crippen molar-refractivity contribution in [2.24, 2.45) is 0 Å². The van der Waals surface area contributed by atoms with Crippen molar-refractivity contribution in [2.75, 3.05) is 13.7 Å². The van der Waals surface area contributed by atoms with Gasteiger partial charge in [0.1, 0.15) is 11.9 Å². The second-order valence-electron chi connectivity index (χ2n) is 5.00. The molecule has 4 nitrogen and oxygen atoms in total. The summed E-state index contributed by atoms with van der Waals surface area (Å²) in [6, 6.07) is 7.61. The SMILES string of the molecule is CCCCOC(=O)C1(CC)OC1c1ccc(OC)cc1. The van der Waals surface area contributed by atoms with Crippen LogP contribution in [0.2, 0.25) is 0 Å². The maximum atomic E-state index is 12.2. The zero-order valence-electron chi connectivity index (χ0n) is 12.3. The lowest BCUT2D eigenvalue weighted by Crippen LogP contribution is -2.27. The molecule has 0 aromatic heterocycles. The molecule has 0 N–H and O–H groups in total. The number of rotatable bonds is 7. The van der Waals surface area contributed by atoms with Crippen molar-refractivity contribution in [3.05, 3.63) is 29.8 Å². The first-order valence-corrected chi connectivity index (χ1v) is 7.17. The zero-order chi connectivity index (χ0) is 14.6. The van der Waals surface area contributed by atoms with Gasteiger partial charge in [0, 0.05) is 0 Å². The Morgan fingerprint density at radius 3 is 2.55 bits per heavy atom. The van der Waals surface area contributed by atoms with Crippen molar-refractivity contribution in [3.63, 3.8) is 0 Å². The molecule has 20 heavy (non-hydrogen) atoms. The van der Waals surface area contributed by atoms with E-state index in [1.54, 1.807) is 7.11 Å². The summed E-state index contributed by atoms with van der Waals surface area (Å²) < 4.78 is 16.1. The second kappa shape index (κ2) is 6.27. The van der Waals surface area contributed by atoms with Crippen LogP contribution in [0.4, 0.5) is 0 Å². The summed E-state index contributed by atoms with van der Waals surface area (Å²) in [4.78, 5) is 12.2. The second-order valence-corrected chi connectivity index (χ2v) is 5.00. The van der Waals surface area contributed by atoms with E-state index in [2.05, 4.69) is 6.92 Å². The molecular weight excluding hydrogens is 256 g/mol. The molecule has 1 aliphatic heterocycles. The normalized spacial score (nSPS) is 24.2. The summed E-state index contributed by atoms with van der Waals surface area (Å²) in [6.07, 6.45) is 2.32. The first-order valence-electron chi connectivity index (χ1n) is 7.17. The van der Waals surface area contributed by atoms with Gasteiger partial charge in [-0.25, -0.2) is 4.79 Å². The predicted molar refractivity (Wildman–Crippen MR) is 75.7 cm³/mol. The molecule has 1 fully saturated rings. The van der Waals surface area contributed by atoms with Gasteiger partial charge in [0.15, 0.2) is 5.60 Å². The van der Waals surface area contributed by atoms with E-state index in [0.29, 0.717) is 13.0 Å². The summed E-state index contributed by atoms with van der Waals surface area (Å²) in [7, 11) is 1.63. The fourth-order valence-corrected chi connectivity index (χ4v) is 2.29. The third-order valence-electron chi connectivity index (χ3n) is 3.71. The molecule has 1 aromatic carbocycles. The number of hydrogen-bond donors (Lipinski definition) is 0. The predicted octanol–water partition coefficient (Wildman–Crippen LogP) is 3.26. The molecule has 4 heteroatoms. The molecule has 0 amide bonds. The Morgan fingerprint density at radius 2 is 2.00 bits per heavy atom. The minimum atomic E-state index is -0.789. The molecule has 0 saturated carbocycles. The van der Waals surface area contributed by atoms with E-state index in [4.69, 9.17) is 14.2 Å². The van der Waals surface area contributed by atoms with Crippen LogP contribution >= 0.6 is 0 Å². The van der Waals surface area contributed by atoms with E-state index >= 15 is 0 Å². The standard InChI is InChI=1S/C16H22O4/c1-4-6-11-19-15(17)16(5-2)14(20-16)12-7-9-13(18-3)10-8-12/h7-10,14H,4-6,11H2,1-3H3. The Hall–Kier alpha value is -1.55. The van der Waals surface area contributed by atoms with Crippen molar-refractivity contribution in [1.82, 2.24) is 0 Å². The van der Waals surface area contributed by atoms with Crippen molar-refractivity contribution < 1.29 is 19.0 Å². The molecule has 1 aromatic rings. The maximum Gasteiger partial charge on any atom is 0.341 e. The number of carbonyl (C=O) groups is 1. The van der Waals surface area contributed by atoms with Crippen molar-refractivity contribution >= 4 is 5.97 Å². The Balaban J connectivity index is 2.02. The first-order chi connectivity index (χ1) is 9.67. The molecule has 0 aliphatic carbocycles. The molecule has 2 unspecified atom stereocenters. The first kappa shape index (κ1) is 14.9. The summed E-state index contributed by atoms with van der Waals surface area (Å²) in [5, 5.41) is 0. The summed E-state index contributed by atoms with van der Waals surface area (Å²) in [6.45, 7) is 4.48. The number of carbonyl (C=O) groups excluding carboxylic acids is 1.